The minimum Gasteiger partial charge on any atom is -0.370 e. The van der Waals surface area contributed by atoms with Crippen molar-refractivity contribution in [3.8, 4) is 11.4 Å². The van der Waals surface area contributed by atoms with Crippen LogP contribution in [0.2, 0.25) is 0 Å². The summed E-state index contributed by atoms with van der Waals surface area (Å²) in [6.07, 6.45) is 1.81. The molecule has 1 N–H and O–H groups in total. The Kier molecular flexibility index (Phi) is 5.21. The molecule has 3 aromatic rings. The summed E-state index contributed by atoms with van der Waals surface area (Å²) in [6.45, 7) is 3.15. The fourth-order valence-corrected chi connectivity index (χ4v) is 3.61. The molecule has 28 heavy (non-hydrogen) atoms. The van der Waals surface area contributed by atoms with E-state index in [0.29, 0.717) is 31.4 Å². The number of benzene rings is 2. The van der Waals surface area contributed by atoms with Gasteiger partial charge in [-0.2, -0.15) is 0 Å². The number of ether oxygens (including phenoxy) is 1. The summed E-state index contributed by atoms with van der Waals surface area (Å²) in [6, 6.07) is 20.1. The molecule has 0 radical (unpaired) electrons. The summed E-state index contributed by atoms with van der Waals surface area (Å²) in [7, 11) is 0. The van der Waals surface area contributed by atoms with Crippen LogP contribution in [0.15, 0.2) is 60.7 Å². The van der Waals surface area contributed by atoms with Crippen molar-refractivity contribution >= 4 is 5.91 Å². The van der Waals surface area contributed by atoms with E-state index in [0.717, 1.165) is 18.4 Å². The number of hydrogen-bond acceptors (Lipinski definition) is 4. The lowest BCUT2D eigenvalue weighted by Gasteiger charge is -2.35. The van der Waals surface area contributed by atoms with Gasteiger partial charge in [0.25, 0.3) is 0 Å². The third-order valence-electron chi connectivity index (χ3n) is 5.13. The van der Waals surface area contributed by atoms with Crippen LogP contribution in [0.4, 0.5) is 0 Å². The Hall–Kier alpha value is -2.99. The number of carbonyl (C=O) groups is 1. The minimum absolute atomic E-state index is 0.0708. The lowest BCUT2D eigenvalue weighted by molar-refractivity contribution is -0.135. The smallest absolute Gasteiger partial charge is 0.248 e. The Labute approximate surface area is 164 Å². The summed E-state index contributed by atoms with van der Waals surface area (Å²) in [5.74, 6) is 1.30. The highest BCUT2D eigenvalue weighted by Gasteiger charge is 2.42. The monoisotopic (exact) mass is 376 g/mol. The number of rotatable bonds is 6. The molecule has 0 aliphatic carbocycles. The molecule has 1 aliphatic heterocycles. The highest BCUT2D eigenvalue weighted by Crippen LogP contribution is 2.30. The maximum absolute atomic E-state index is 13.1. The molecule has 1 unspecified atom stereocenters. The molecule has 6 heteroatoms. The van der Waals surface area contributed by atoms with Crippen molar-refractivity contribution < 1.29 is 9.53 Å². The summed E-state index contributed by atoms with van der Waals surface area (Å²) in [5.41, 5.74) is 1.33. The molecule has 1 aromatic heterocycles. The van der Waals surface area contributed by atoms with E-state index in [1.807, 2.05) is 60.0 Å². The van der Waals surface area contributed by atoms with Crippen molar-refractivity contribution in [2.24, 2.45) is 0 Å². The molecule has 1 aliphatic rings. The van der Waals surface area contributed by atoms with Crippen molar-refractivity contribution in [3.05, 3.63) is 72.1 Å². The van der Waals surface area contributed by atoms with E-state index < -0.39 is 5.54 Å². The maximum Gasteiger partial charge on any atom is 0.248 e. The van der Waals surface area contributed by atoms with Gasteiger partial charge in [-0.3, -0.25) is 9.36 Å². The van der Waals surface area contributed by atoms with Gasteiger partial charge in [0.1, 0.15) is 12.1 Å². The van der Waals surface area contributed by atoms with Crippen molar-refractivity contribution in [1.29, 1.82) is 0 Å². The van der Waals surface area contributed by atoms with Crippen LogP contribution in [0.1, 0.15) is 24.7 Å². The van der Waals surface area contributed by atoms with Gasteiger partial charge < -0.3 is 10.1 Å². The zero-order chi connectivity index (χ0) is 19.4. The molecule has 2 aromatic carbocycles. The van der Waals surface area contributed by atoms with Gasteiger partial charge >= 0.3 is 0 Å². The van der Waals surface area contributed by atoms with Gasteiger partial charge in [0, 0.05) is 12.1 Å². The lowest BCUT2D eigenvalue weighted by atomic mass is 9.99. The average Bonchev–Trinajstić information content (AvgIpc) is 3.18. The standard InChI is InChI=1S/C22H24N4O2/c1-22(21(27)23-14-8-11-17-9-4-2-5-10-17)16-28-15-19-24-25-20(26(19)22)18-12-6-3-7-13-18/h2-7,9-10,12-13H,8,11,14-16H2,1H3,(H,23,27). The van der Waals surface area contributed by atoms with Crippen molar-refractivity contribution in [3.63, 3.8) is 0 Å². The first-order chi connectivity index (χ1) is 13.7. The largest absolute Gasteiger partial charge is 0.370 e. The zero-order valence-corrected chi connectivity index (χ0v) is 16.0. The molecule has 6 nitrogen and oxygen atoms in total. The second-order valence-corrected chi connectivity index (χ2v) is 7.25. The van der Waals surface area contributed by atoms with Crippen LogP contribution in [0, 0.1) is 0 Å². The highest BCUT2D eigenvalue weighted by molar-refractivity contribution is 5.85. The summed E-state index contributed by atoms with van der Waals surface area (Å²) < 4.78 is 7.60. The van der Waals surface area contributed by atoms with Crippen LogP contribution in [0.25, 0.3) is 11.4 Å². The molecule has 0 spiro atoms. The zero-order valence-electron chi connectivity index (χ0n) is 16.0. The van der Waals surface area contributed by atoms with Crippen LogP contribution in [0.5, 0.6) is 0 Å². The lowest BCUT2D eigenvalue weighted by Crippen LogP contribution is -2.52. The molecule has 1 atom stereocenters. The summed E-state index contributed by atoms with van der Waals surface area (Å²) in [5, 5.41) is 11.7. The Morgan fingerprint density at radius 2 is 1.82 bits per heavy atom. The Balaban J connectivity index is 1.49. The van der Waals surface area contributed by atoms with E-state index in [9.17, 15) is 4.79 Å². The first-order valence-corrected chi connectivity index (χ1v) is 9.59. The number of amides is 1. The number of fused-ring (bicyclic) bond motifs is 1. The number of aromatic nitrogens is 3. The average molecular weight is 376 g/mol. The maximum atomic E-state index is 13.1. The van der Waals surface area contributed by atoms with Crippen molar-refractivity contribution in [1.82, 2.24) is 20.1 Å². The van der Waals surface area contributed by atoms with Crippen LogP contribution in [-0.4, -0.2) is 33.8 Å². The molecule has 0 saturated heterocycles. The molecule has 0 saturated carbocycles. The molecule has 0 bridgehead atoms. The van der Waals surface area contributed by atoms with Crippen molar-refractivity contribution in [2.45, 2.75) is 31.9 Å². The molecular formula is C22H24N4O2. The summed E-state index contributed by atoms with van der Waals surface area (Å²) >= 11 is 0. The minimum atomic E-state index is -0.880. The van der Waals surface area contributed by atoms with E-state index in [2.05, 4.69) is 27.6 Å². The molecule has 4 rings (SSSR count). The van der Waals surface area contributed by atoms with Crippen LogP contribution >= 0.6 is 0 Å². The second kappa shape index (κ2) is 7.94. The van der Waals surface area contributed by atoms with E-state index >= 15 is 0 Å². The second-order valence-electron chi connectivity index (χ2n) is 7.25. The molecule has 0 fully saturated rings. The molecule has 144 valence electrons. The highest BCUT2D eigenvalue weighted by atomic mass is 16.5. The third kappa shape index (κ3) is 3.55. The van der Waals surface area contributed by atoms with Gasteiger partial charge in [-0.25, -0.2) is 0 Å². The fourth-order valence-electron chi connectivity index (χ4n) is 3.61. The Morgan fingerprint density at radius 1 is 1.11 bits per heavy atom. The van der Waals surface area contributed by atoms with Crippen LogP contribution in [0.3, 0.4) is 0 Å². The number of hydrogen-bond donors (Lipinski definition) is 1. The topological polar surface area (TPSA) is 69.0 Å². The summed E-state index contributed by atoms with van der Waals surface area (Å²) in [4.78, 5) is 13.1. The van der Waals surface area contributed by atoms with Gasteiger partial charge in [-0.1, -0.05) is 60.7 Å². The van der Waals surface area contributed by atoms with E-state index in [1.165, 1.54) is 5.56 Å². The SMILES string of the molecule is CC1(C(=O)NCCCc2ccccc2)COCc2nnc(-c3ccccc3)n21. The van der Waals surface area contributed by atoms with Gasteiger partial charge in [0.2, 0.25) is 5.91 Å². The predicted octanol–water partition coefficient (Wildman–Crippen LogP) is 2.94. The quantitative estimate of drug-likeness (QED) is 0.672. The normalized spacial score (nSPS) is 18.5. The number of nitrogens with zero attached hydrogens (tertiary/aromatic N) is 3. The van der Waals surface area contributed by atoms with Gasteiger partial charge in [0.15, 0.2) is 11.6 Å². The first-order valence-electron chi connectivity index (χ1n) is 9.59. The van der Waals surface area contributed by atoms with Gasteiger partial charge in [-0.15, -0.1) is 10.2 Å². The third-order valence-corrected chi connectivity index (χ3v) is 5.13. The molecule has 2 heterocycles. The number of aryl methyl sites for hydroxylation is 1. The first kappa shape index (κ1) is 18.4. The predicted molar refractivity (Wildman–Crippen MR) is 107 cm³/mol. The van der Waals surface area contributed by atoms with E-state index in [1.54, 1.807) is 0 Å². The van der Waals surface area contributed by atoms with E-state index in [4.69, 9.17) is 4.74 Å². The van der Waals surface area contributed by atoms with E-state index in [-0.39, 0.29) is 5.91 Å². The van der Waals surface area contributed by atoms with Gasteiger partial charge in [0.05, 0.1) is 6.61 Å². The Bertz CT molecular complexity index is 940. The molecular weight excluding hydrogens is 352 g/mol. The number of carbonyl (C=O) groups excluding carboxylic acids is 1. The van der Waals surface area contributed by atoms with Crippen molar-refractivity contribution in [2.75, 3.05) is 13.2 Å². The molecule has 1 amide bonds. The number of nitrogens with one attached hydrogen (secondary N) is 1. The fraction of sp³-hybridized carbons (Fsp3) is 0.318. The Morgan fingerprint density at radius 3 is 2.57 bits per heavy atom. The van der Waals surface area contributed by atoms with Crippen LogP contribution in [-0.2, 0) is 28.1 Å². The van der Waals surface area contributed by atoms with Gasteiger partial charge in [-0.05, 0) is 25.3 Å². The van der Waals surface area contributed by atoms with Crippen LogP contribution < -0.4 is 5.32 Å².